The van der Waals surface area contributed by atoms with E-state index in [2.05, 4.69) is 180 Å². The first-order valence-corrected chi connectivity index (χ1v) is 19.2. The number of aliphatic imine (C=N–C) groups is 1. The summed E-state index contributed by atoms with van der Waals surface area (Å²) in [5, 5.41) is 14.7. The molecule has 10 aromatic rings. The Morgan fingerprint density at radius 3 is 1.93 bits per heavy atom. The number of hydrogen-bond donors (Lipinski definition) is 2. The monoisotopic (exact) mass is 711 g/mol. The third-order valence-corrected chi connectivity index (χ3v) is 12.0. The van der Waals surface area contributed by atoms with Crippen LogP contribution in [0.1, 0.15) is 29.0 Å². The summed E-state index contributed by atoms with van der Waals surface area (Å²) >= 11 is 1.87. The maximum absolute atomic E-state index is 6.48. The van der Waals surface area contributed by atoms with Crippen LogP contribution in [0.3, 0.4) is 0 Å². The second kappa shape index (κ2) is 12.6. The van der Waals surface area contributed by atoms with Crippen LogP contribution in [0.15, 0.2) is 185 Å². The average Bonchev–Trinajstić information content (AvgIpc) is 3.83. The second-order valence-corrected chi connectivity index (χ2v) is 15.0. The van der Waals surface area contributed by atoms with Gasteiger partial charge in [-0.3, -0.25) is 5.32 Å². The van der Waals surface area contributed by atoms with Gasteiger partial charge in [-0.2, -0.15) is 0 Å². The Bertz CT molecular complexity index is 3070. The van der Waals surface area contributed by atoms with E-state index in [9.17, 15) is 0 Å². The van der Waals surface area contributed by atoms with Crippen LogP contribution in [0, 0.1) is 0 Å². The Morgan fingerprint density at radius 2 is 1.13 bits per heavy atom. The van der Waals surface area contributed by atoms with Gasteiger partial charge in [-0.05, 0) is 68.4 Å². The van der Waals surface area contributed by atoms with Gasteiger partial charge in [0, 0.05) is 36.5 Å². The van der Waals surface area contributed by atoms with Crippen molar-refractivity contribution >= 4 is 70.1 Å². The highest BCUT2D eigenvalue weighted by Gasteiger charge is 2.26. The molecular formula is C49H33N3OS. The summed E-state index contributed by atoms with van der Waals surface area (Å²) in [6, 6.07) is 62.6. The minimum absolute atomic E-state index is 0.0878. The molecule has 0 saturated carbocycles. The van der Waals surface area contributed by atoms with Crippen molar-refractivity contribution in [1.82, 2.24) is 10.6 Å². The summed E-state index contributed by atoms with van der Waals surface area (Å²) in [4.78, 5) is 5.21. The number of rotatable bonds is 5. The average molecular weight is 712 g/mol. The Balaban J connectivity index is 1.01. The zero-order valence-electron chi connectivity index (χ0n) is 29.2. The molecule has 8 aromatic carbocycles. The Kier molecular flexibility index (Phi) is 7.22. The van der Waals surface area contributed by atoms with E-state index in [1.165, 1.54) is 58.6 Å². The van der Waals surface area contributed by atoms with Gasteiger partial charge in [-0.15, -0.1) is 11.3 Å². The standard InChI is InChI=1S/C49H33N3OS/c1-3-13-31(14-4-1)47-50-48(32-15-5-2-6-16-32)52-49(51-47)35-18-9-17-33(28-35)37-20-10-22-39-40-23-11-21-38(46(40)54-45(37)39)34-24-26-41-43(29-34)53-42-27-25-30-12-7-8-19-36(30)44(41)42/h1-29,47,49,51H,(H,50,52). The number of hydrogen-bond acceptors (Lipinski definition) is 5. The van der Waals surface area contributed by atoms with Crippen molar-refractivity contribution in [2.75, 3.05) is 0 Å². The molecule has 0 amide bonds. The number of nitrogens with one attached hydrogen (secondary N) is 2. The highest BCUT2D eigenvalue weighted by Crippen LogP contribution is 2.45. The van der Waals surface area contributed by atoms with E-state index in [0.717, 1.165) is 39.1 Å². The van der Waals surface area contributed by atoms with Crippen LogP contribution < -0.4 is 10.6 Å². The summed E-state index contributed by atoms with van der Waals surface area (Å²) in [5.41, 5.74) is 9.96. The first kappa shape index (κ1) is 31.0. The smallest absolute Gasteiger partial charge is 0.136 e. The Hall–Kier alpha value is -6.53. The quantitative estimate of drug-likeness (QED) is 0.187. The van der Waals surface area contributed by atoms with Crippen molar-refractivity contribution in [3.63, 3.8) is 0 Å². The van der Waals surface area contributed by atoms with Gasteiger partial charge < -0.3 is 9.73 Å². The predicted octanol–water partition coefficient (Wildman–Crippen LogP) is 12.8. The molecule has 2 N–H and O–H groups in total. The van der Waals surface area contributed by atoms with Crippen molar-refractivity contribution in [2.24, 2.45) is 4.99 Å². The molecule has 0 bridgehead atoms. The lowest BCUT2D eigenvalue weighted by molar-refractivity contribution is 0.409. The molecule has 1 aliphatic rings. The molecule has 54 heavy (non-hydrogen) atoms. The maximum Gasteiger partial charge on any atom is 0.136 e. The fourth-order valence-electron chi connectivity index (χ4n) is 8.15. The summed E-state index contributed by atoms with van der Waals surface area (Å²) in [6.07, 6.45) is -0.318. The number of benzene rings is 8. The lowest BCUT2D eigenvalue weighted by Gasteiger charge is -2.32. The molecule has 0 aliphatic carbocycles. The summed E-state index contributed by atoms with van der Waals surface area (Å²) < 4.78 is 9.04. The van der Waals surface area contributed by atoms with Gasteiger partial charge in [0.1, 0.15) is 29.3 Å². The Morgan fingerprint density at radius 1 is 0.481 bits per heavy atom. The molecule has 11 rings (SSSR count). The molecular weight excluding hydrogens is 679 g/mol. The van der Waals surface area contributed by atoms with Gasteiger partial charge in [0.05, 0.1) is 0 Å². The topological polar surface area (TPSA) is 49.6 Å². The Labute approximate surface area is 316 Å². The van der Waals surface area contributed by atoms with E-state index in [-0.39, 0.29) is 12.3 Å². The van der Waals surface area contributed by atoms with Crippen LogP contribution in [-0.2, 0) is 0 Å². The molecule has 5 heteroatoms. The molecule has 3 heterocycles. The highest BCUT2D eigenvalue weighted by atomic mass is 32.1. The van der Waals surface area contributed by atoms with Crippen molar-refractivity contribution in [3.05, 3.63) is 193 Å². The van der Waals surface area contributed by atoms with Crippen LogP contribution in [0.25, 0.3) is 75.1 Å². The molecule has 2 unspecified atom stereocenters. The lowest BCUT2D eigenvalue weighted by atomic mass is 9.98. The molecule has 2 aromatic heterocycles. The van der Waals surface area contributed by atoms with Gasteiger partial charge in [-0.25, -0.2) is 4.99 Å². The molecule has 0 radical (unpaired) electrons. The van der Waals surface area contributed by atoms with Gasteiger partial charge in [-0.1, -0.05) is 152 Å². The number of thiophene rings is 1. The summed E-state index contributed by atoms with van der Waals surface area (Å²) in [7, 11) is 0. The molecule has 0 saturated heterocycles. The van der Waals surface area contributed by atoms with E-state index in [1.54, 1.807) is 0 Å². The SMILES string of the molecule is c1ccc(C2=NC(c3cccc(-c4cccc5c4sc4c(-c6ccc7c(c6)oc6ccc8ccccc8c67)cccc45)c3)NC(c3ccccc3)N2)cc1. The summed E-state index contributed by atoms with van der Waals surface area (Å²) in [6.45, 7) is 0. The van der Waals surface area contributed by atoms with Gasteiger partial charge >= 0.3 is 0 Å². The first-order valence-electron chi connectivity index (χ1n) is 18.3. The number of fused-ring (bicyclic) bond motifs is 8. The largest absolute Gasteiger partial charge is 0.456 e. The third kappa shape index (κ3) is 5.12. The van der Waals surface area contributed by atoms with Gasteiger partial charge in [0.15, 0.2) is 0 Å². The highest BCUT2D eigenvalue weighted by molar-refractivity contribution is 7.26. The molecule has 256 valence electrons. The van der Waals surface area contributed by atoms with Crippen LogP contribution in [0.2, 0.25) is 0 Å². The van der Waals surface area contributed by atoms with E-state index >= 15 is 0 Å². The van der Waals surface area contributed by atoms with E-state index in [4.69, 9.17) is 9.41 Å². The van der Waals surface area contributed by atoms with Crippen LogP contribution >= 0.6 is 11.3 Å². The molecule has 1 aliphatic heterocycles. The van der Waals surface area contributed by atoms with Gasteiger partial charge in [0.2, 0.25) is 0 Å². The summed E-state index contributed by atoms with van der Waals surface area (Å²) in [5.74, 6) is 0.881. The number of nitrogens with zero attached hydrogens (tertiary/aromatic N) is 1. The predicted molar refractivity (Wildman–Crippen MR) is 226 cm³/mol. The van der Waals surface area contributed by atoms with E-state index < -0.39 is 0 Å². The van der Waals surface area contributed by atoms with Crippen molar-refractivity contribution in [3.8, 4) is 22.3 Å². The first-order chi connectivity index (χ1) is 26.7. The fourth-order valence-corrected chi connectivity index (χ4v) is 9.53. The molecule has 2 atom stereocenters. The fraction of sp³-hybridized carbons (Fsp3) is 0.0408. The van der Waals surface area contributed by atoms with Crippen molar-refractivity contribution in [2.45, 2.75) is 12.3 Å². The van der Waals surface area contributed by atoms with Crippen LogP contribution in [0.4, 0.5) is 0 Å². The van der Waals surface area contributed by atoms with Crippen molar-refractivity contribution in [1.29, 1.82) is 0 Å². The third-order valence-electron chi connectivity index (χ3n) is 10.8. The minimum atomic E-state index is -0.231. The maximum atomic E-state index is 6.48. The second-order valence-electron chi connectivity index (χ2n) is 14.0. The number of furan rings is 1. The van der Waals surface area contributed by atoms with Gasteiger partial charge in [0.25, 0.3) is 0 Å². The van der Waals surface area contributed by atoms with Crippen LogP contribution in [-0.4, -0.2) is 5.84 Å². The minimum Gasteiger partial charge on any atom is -0.456 e. The van der Waals surface area contributed by atoms with Crippen LogP contribution in [0.5, 0.6) is 0 Å². The normalized spacial score (nSPS) is 16.0. The molecule has 0 spiro atoms. The van der Waals surface area contributed by atoms with E-state index in [0.29, 0.717) is 0 Å². The zero-order valence-corrected chi connectivity index (χ0v) is 30.0. The molecule has 0 fully saturated rings. The molecule has 4 nitrogen and oxygen atoms in total. The van der Waals surface area contributed by atoms with E-state index in [1.807, 2.05) is 17.4 Å². The zero-order chi connectivity index (χ0) is 35.6. The number of amidine groups is 1. The lowest BCUT2D eigenvalue weighted by Crippen LogP contribution is -2.44. The van der Waals surface area contributed by atoms with Crippen molar-refractivity contribution < 1.29 is 4.42 Å².